The second kappa shape index (κ2) is 14.2. The Balaban J connectivity index is 0.00000484. The van der Waals surface area contributed by atoms with Crippen LogP contribution in [0.3, 0.4) is 0 Å². The molecule has 0 atom stereocenters. The Morgan fingerprint density at radius 3 is 2.26 bits per heavy atom. The van der Waals surface area contributed by atoms with E-state index >= 15 is 0 Å². The van der Waals surface area contributed by atoms with Crippen LogP contribution in [-0.4, -0.2) is 49.5 Å². The second-order valence-corrected chi connectivity index (χ2v) is 13.6. The molecule has 2 heterocycles. The molecule has 1 aliphatic heterocycles. The molecule has 0 radical (unpaired) electrons. The number of benzene rings is 2. The fraction of sp³-hybridized carbons (Fsp3) is 0.370. The minimum absolute atomic E-state index is 0. The third-order valence-corrected chi connectivity index (χ3v) is 8.56. The molecule has 2 aromatic carbocycles. The van der Waals surface area contributed by atoms with Crippen molar-refractivity contribution < 1.29 is 45.1 Å². The molecule has 1 aromatic heterocycles. The van der Waals surface area contributed by atoms with Gasteiger partial charge < -0.3 is 19.5 Å². The van der Waals surface area contributed by atoms with Gasteiger partial charge in [0.2, 0.25) is 11.5 Å². The average Bonchev–Trinajstić information content (AvgIpc) is 3.39. The summed E-state index contributed by atoms with van der Waals surface area (Å²) in [5, 5.41) is 1.05. The van der Waals surface area contributed by atoms with Gasteiger partial charge in [-0.25, -0.2) is 0 Å². The van der Waals surface area contributed by atoms with Crippen molar-refractivity contribution >= 4 is 66.3 Å². The lowest BCUT2D eigenvalue weighted by atomic mass is 10.1. The van der Waals surface area contributed by atoms with Crippen LogP contribution in [-0.2, 0) is 26.8 Å². The summed E-state index contributed by atoms with van der Waals surface area (Å²) in [6.45, 7) is 2.85. The van der Waals surface area contributed by atoms with Crippen LogP contribution in [0.2, 0.25) is 10.0 Å². The van der Waals surface area contributed by atoms with Crippen LogP contribution in [0.15, 0.2) is 58.3 Å². The van der Waals surface area contributed by atoms with Crippen molar-refractivity contribution in [2.45, 2.75) is 45.6 Å². The van der Waals surface area contributed by atoms with Gasteiger partial charge in [0, 0.05) is 35.2 Å². The Labute approximate surface area is 254 Å². The normalized spacial score (nSPS) is 14.7. The Morgan fingerprint density at radius 2 is 1.60 bits per heavy atom. The molecule has 3 N–H and O–H groups in total. The number of aryl methyl sites for hydroxylation is 1. The Hall–Kier alpha value is -2.65. The van der Waals surface area contributed by atoms with Crippen molar-refractivity contribution in [3.8, 4) is 5.75 Å². The number of ether oxygens (including phenoxy) is 1. The molecule has 15 heteroatoms. The molecule has 42 heavy (non-hydrogen) atoms. The van der Waals surface area contributed by atoms with E-state index in [1.807, 2.05) is 28.5 Å². The molecule has 0 saturated heterocycles. The van der Waals surface area contributed by atoms with E-state index in [0.717, 1.165) is 16.8 Å². The summed E-state index contributed by atoms with van der Waals surface area (Å²) in [5.41, 5.74) is 2.97. The van der Waals surface area contributed by atoms with Crippen LogP contribution in [0.4, 0.5) is 5.69 Å². The van der Waals surface area contributed by atoms with E-state index in [2.05, 4.69) is 0 Å². The number of anilines is 1. The number of halogens is 2. The van der Waals surface area contributed by atoms with Crippen molar-refractivity contribution in [1.82, 2.24) is 0 Å². The smallest absolute Gasteiger partial charge is 0.374 e. The predicted molar refractivity (Wildman–Crippen MR) is 160 cm³/mol. The number of allylic oxidation sites excluding steroid dienone is 2. The number of aromatic nitrogens is 1. The van der Waals surface area contributed by atoms with E-state index in [0.29, 0.717) is 65.5 Å². The monoisotopic (exact) mass is 662 g/mol. The van der Waals surface area contributed by atoms with Gasteiger partial charge in [-0.05, 0) is 61.6 Å². The van der Waals surface area contributed by atoms with Gasteiger partial charge in [-0.15, -0.1) is 0 Å². The van der Waals surface area contributed by atoms with E-state index in [4.69, 9.17) is 41.5 Å². The van der Waals surface area contributed by atoms with Crippen molar-refractivity contribution in [3.63, 3.8) is 0 Å². The first-order chi connectivity index (χ1) is 19.3. The van der Waals surface area contributed by atoms with Crippen LogP contribution in [0, 0.1) is 0 Å². The summed E-state index contributed by atoms with van der Waals surface area (Å²) in [6, 6.07) is 10.5. The first-order valence-electron chi connectivity index (χ1n) is 13.0. The lowest BCUT2D eigenvalue weighted by molar-refractivity contribution is -0.678. The molecule has 0 amide bonds. The second-order valence-electron chi connectivity index (χ2n) is 9.61. The van der Waals surface area contributed by atoms with Crippen LogP contribution in [0.5, 0.6) is 5.75 Å². The molecule has 0 saturated carbocycles. The van der Waals surface area contributed by atoms with Crippen LogP contribution >= 0.6 is 23.2 Å². The van der Waals surface area contributed by atoms with E-state index < -0.39 is 20.2 Å². The highest BCUT2D eigenvalue weighted by Gasteiger charge is 2.27. The van der Waals surface area contributed by atoms with Gasteiger partial charge in [-0.3, -0.25) is 9.11 Å². The summed E-state index contributed by atoms with van der Waals surface area (Å²) in [5.74, 6) is 1.01. The molecule has 11 nitrogen and oxygen atoms in total. The lowest BCUT2D eigenvalue weighted by Crippen LogP contribution is -2.35. The number of oxazole rings is 1. The zero-order valence-corrected chi connectivity index (χ0v) is 25.9. The van der Waals surface area contributed by atoms with Crippen LogP contribution in [0.1, 0.15) is 44.9 Å². The summed E-state index contributed by atoms with van der Waals surface area (Å²) < 4.78 is 77.0. The van der Waals surface area contributed by atoms with Crippen molar-refractivity contribution in [3.05, 3.63) is 69.9 Å². The molecule has 4 rings (SSSR count). The Kier molecular flexibility index (Phi) is 11.5. The van der Waals surface area contributed by atoms with E-state index in [-0.39, 0.29) is 29.8 Å². The highest BCUT2D eigenvalue weighted by Crippen LogP contribution is 2.41. The maximum Gasteiger partial charge on any atom is 0.374 e. The largest absolute Gasteiger partial charge is 0.870 e. The van der Waals surface area contributed by atoms with Crippen molar-refractivity contribution in [2.24, 2.45) is 0 Å². The summed E-state index contributed by atoms with van der Waals surface area (Å²) in [7, 11) is -8.10. The summed E-state index contributed by atoms with van der Waals surface area (Å²) in [4.78, 5) is 1.91. The average molecular weight is 664 g/mol. The zero-order valence-electron chi connectivity index (χ0n) is 22.7. The molecular weight excluding hydrogens is 631 g/mol. The molecular formula is C27H32Cl2N2O9S2. The number of rotatable bonds is 13. The summed E-state index contributed by atoms with van der Waals surface area (Å²) >= 11 is 12.5. The highest BCUT2D eigenvalue weighted by molar-refractivity contribution is 7.86. The summed E-state index contributed by atoms with van der Waals surface area (Å²) in [6.07, 6.45) is 5.86. The first kappa shape index (κ1) is 33.8. The van der Waals surface area contributed by atoms with Gasteiger partial charge in [-0.1, -0.05) is 30.1 Å². The SMILES string of the molecule is CCC(=Cc1oc2ccc(Cl)cc2[n+]1CCCCS(=O)(=O)O)C=C1Oc2ccc(Cl)cc2N1CCCCS(=O)(=O)O.[OH-]. The zero-order chi connectivity index (χ0) is 29.8. The first-order valence-corrected chi connectivity index (χ1v) is 17.0. The lowest BCUT2D eigenvalue weighted by Gasteiger charge is -2.18. The Bertz CT molecular complexity index is 1700. The van der Waals surface area contributed by atoms with E-state index in [9.17, 15) is 16.8 Å². The van der Waals surface area contributed by atoms with Crippen LogP contribution < -0.4 is 14.2 Å². The van der Waals surface area contributed by atoms with Gasteiger partial charge in [0.25, 0.3) is 25.8 Å². The quantitative estimate of drug-likeness (QED) is 0.131. The molecule has 0 bridgehead atoms. The van der Waals surface area contributed by atoms with Gasteiger partial charge in [0.1, 0.15) is 0 Å². The number of unbranched alkanes of at least 4 members (excludes halogenated alkanes) is 2. The fourth-order valence-electron chi connectivity index (χ4n) is 4.50. The standard InChI is InChI=1S/C27H30Cl2N2O8S2.H2O/c1-2-19(15-26-30(11-3-5-13-40(32,33)34)22-17-20(28)7-9-24(22)38-26)16-27-31(12-4-6-14-41(35,36)37)23-18-21(29)8-10-25(23)39-27;/h7-10,15-18H,2-6,11-14H2,1H3,(H-,32,33,34,35,36,37);1H2. The van der Waals surface area contributed by atoms with Crippen LogP contribution in [0.25, 0.3) is 17.2 Å². The van der Waals surface area contributed by atoms with Crippen molar-refractivity contribution in [2.75, 3.05) is 23.0 Å². The highest BCUT2D eigenvalue weighted by atomic mass is 35.5. The van der Waals surface area contributed by atoms with Gasteiger partial charge in [0.15, 0.2) is 12.3 Å². The molecule has 230 valence electrons. The molecule has 0 spiro atoms. The minimum atomic E-state index is -4.05. The van der Waals surface area contributed by atoms with Gasteiger partial charge in [0.05, 0.1) is 23.3 Å². The van der Waals surface area contributed by atoms with Gasteiger partial charge >= 0.3 is 5.89 Å². The molecule has 0 fully saturated rings. The maximum atomic E-state index is 11.2. The molecule has 0 aliphatic carbocycles. The topological polar surface area (TPSA) is 168 Å². The van der Waals surface area contributed by atoms with E-state index in [1.165, 1.54) is 0 Å². The number of nitrogens with zero attached hydrogens (tertiary/aromatic N) is 2. The number of fused-ring (bicyclic) bond motifs is 2. The third-order valence-electron chi connectivity index (χ3n) is 6.48. The Morgan fingerprint density at radius 1 is 0.952 bits per heavy atom. The van der Waals surface area contributed by atoms with Crippen molar-refractivity contribution in [1.29, 1.82) is 0 Å². The number of hydrogen-bond acceptors (Lipinski definition) is 8. The third kappa shape index (κ3) is 9.17. The molecule has 3 aromatic rings. The molecule has 0 unspecified atom stereocenters. The predicted octanol–water partition coefficient (Wildman–Crippen LogP) is 5.72. The minimum Gasteiger partial charge on any atom is -0.870 e. The van der Waals surface area contributed by atoms with E-state index in [1.54, 1.807) is 36.4 Å². The number of hydrogen-bond donors (Lipinski definition) is 2. The maximum absolute atomic E-state index is 11.2. The molecule has 1 aliphatic rings. The van der Waals surface area contributed by atoms with Gasteiger partial charge in [-0.2, -0.15) is 21.4 Å². The fourth-order valence-corrected chi connectivity index (χ4v) is 5.97.